The van der Waals surface area contributed by atoms with Crippen LogP contribution in [0.5, 0.6) is 0 Å². The molecule has 1 amide bonds. The third-order valence-corrected chi connectivity index (χ3v) is 3.87. The van der Waals surface area contributed by atoms with Crippen molar-refractivity contribution in [1.29, 1.82) is 0 Å². The fraction of sp³-hybridized carbons (Fsp3) is 0.889. The van der Waals surface area contributed by atoms with Gasteiger partial charge in [-0.2, -0.15) is 0 Å². The van der Waals surface area contributed by atoms with Gasteiger partial charge >= 0.3 is 0 Å². The summed E-state index contributed by atoms with van der Waals surface area (Å²) in [6.45, 7) is 0. The second kappa shape index (κ2) is 1.62. The second-order valence-electron chi connectivity index (χ2n) is 4.39. The largest absolute Gasteiger partial charge is 0.353 e. The number of amides is 1. The standard InChI is InChI=1S/C9H13NO/c11-8-5-6-7(10-8)1-2-9(6)3-4-9/h6-7H,1-5H2,(H,10,11). The summed E-state index contributed by atoms with van der Waals surface area (Å²) in [4.78, 5) is 11.1. The number of carbonyl (C=O) groups is 1. The summed E-state index contributed by atoms with van der Waals surface area (Å²) in [6, 6.07) is 0.560. The summed E-state index contributed by atoms with van der Waals surface area (Å²) in [5.41, 5.74) is 0.643. The van der Waals surface area contributed by atoms with E-state index in [0.29, 0.717) is 17.4 Å². The Balaban J connectivity index is 1.91. The van der Waals surface area contributed by atoms with Crippen molar-refractivity contribution in [3.63, 3.8) is 0 Å². The van der Waals surface area contributed by atoms with E-state index in [1.807, 2.05) is 0 Å². The molecule has 60 valence electrons. The molecule has 0 aromatic carbocycles. The number of rotatable bonds is 0. The summed E-state index contributed by atoms with van der Waals surface area (Å²) in [5, 5.41) is 3.07. The van der Waals surface area contributed by atoms with Crippen molar-refractivity contribution in [2.75, 3.05) is 0 Å². The zero-order chi connectivity index (χ0) is 7.47. The van der Waals surface area contributed by atoms with Gasteiger partial charge in [0.25, 0.3) is 0 Å². The molecule has 0 aromatic rings. The van der Waals surface area contributed by atoms with E-state index >= 15 is 0 Å². The van der Waals surface area contributed by atoms with Gasteiger partial charge in [0, 0.05) is 12.5 Å². The van der Waals surface area contributed by atoms with Crippen LogP contribution in [0.4, 0.5) is 0 Å². The molecular formula is C9H13NO. The van der Waals surface area contributed by atoms with Crippen molar-refractivity contribution >= 4 is 5.91 Å². The maximum absolute atomic E-state index is 11.1. The third-order valence-electron chi connectivity index (χ3n) is 3.87. The van der Waals surface area contributed by atoms with Crippen molar-refractivity contribution in [1.82, 2.24) is 5.32 Å². The first-order valence-corrected chi connectivity index (χ1v) is 4.60. The highest BCUT2D eigenvalue weighted by Gasteiger charge is 2.58. The Morgan fingerprint density at radius 3 is 2.91 bits per heavy atom. The molecule has 2 aliphatic carbocycles. The van der Waals surface area contributed by atoms with Crippen LogP contribution in [0.15, 0.2) is 0 Å². The lowest BCUT2D eigenvalue weighted by Gasteiger charge is -2.13. The predicted molar refractivity (Wildman–Crippen MR) is 40.9 cm³/mol. The number of fused-ring (bicyclic) bond motifs is 2. The van der Waals surface area contributed by atoms with Crippen LogP contribution in [0.3, 0.4) is 0 Å². The predicted octanol–water partition coefficient (Wildman–Crippen LogP) is 1.07. The van der Waals surface area contributed by atoms with Gasteiger partial charge in [-0.25, -0.2) is 0 Å². The van der Waals surface area contributed by atoms with Gasteiger partial charge in [-0.05, 0) is 37.0 Å². The van der Waals surface area contributed by atoms with E-state index in [4.69, 9.17) is 0 Å². The number of hydrogen-bond acceptors (Lipinski definition) is 1. The van der Waals surface area contributed by atoms with Gasteiger partial charge in [-0.15, -0.1) is 0 Å². The van der Waals surface area contributed by atoms with Crippen molar-refractivity contribution in [3.05, 3.63) is 0 Å². The van der Waals surface area contributed by atoms with Crippen molar-refractivity contribution in [3.8, 4) is 0 Å². The van der Waals surface area contributed by atoms with Crippen LogP contribution < -0.4 is 5.32 Å². The first-order chi connectivity index (χ1) is 5.30. The molecular weight excluding hydrogens is 138 g/mol. The molecule has 2 heteroatoms. The molecule has 3 aliphatic rings. The van der Waals surface area contributed by atoms with E-state index in [0.717, 1.165) is 12.3 Å². The molecule has 1 N–H and O–H groups in total. The number of hydrogen-bond donors (Lipinski definition) is 1. The summed E-state index contributed by atoms with van der Waals surface area (Å²) >= 11 is 0. The smallest absolute Gasteiger partial charge is 0.220 e. The zero-order valence-electron chi connectivity index (χ0n) is 6.60. The highest BCUT2D eigenvalue weighted by atomic mass is 16.2. The fourth-order valence-electron chi connectivity index (χ4n) is 3.03. The van der Waals surface area contributed by atoms with Crippen LogP contribution in [-0.4, -0.2) is 11.9 Å². The average molecular weight is 151 g/mol. The summed E-state index contributed by atoms with van der Waals surface area (Å²) < 4.78 is 0. The minimum atomic E-state index is 0.297. The maximum atomic E-state index is 11.1. The lowest BCUT2D eigenvalue weighted by atomic mass is 9.90. The lowest BCUT2D eigenvalue weighted by Crippen LogP contribution is -2.26. The quantitative estimate of drug-likeness (QED) is 0.551. The average Bonchev–Trinajstić information content (AvgIpc) is 2.57. The first kappa shape index (κ1) is 6.04. The van der Waals surface area contributed by atoms with Gasteiger partial charge in [0.2, 0.25) is 5.91 Å². The molecule has 3 rings (SSSR count). The van der Waals surface area contributed by atoms with Crippen LogP contribution in [0, 0.1) is 11.3 Å². The van der Waals surface area contributed by atoms with E-state index in [-0.39, 0.29) is 0 Å². The Morgan fingerprint density at radius 2 is 2.18 bits per heavy atom. The number of nitrogens with one attached hydrogen (secondary N) is 1. The molecule has 2 unspecified atom stereocenters. The Kier molecular flexibility index (Phi) is 0.890. The third kappa shape index (κ3) is 0.652. The van der Waals surface area contributed by atoms with E-state index < -0.39 is 0 Å². The Morgan fingerprint density at radius 1 is 1.36 bits per heavy atom. The van der Waals surface area contributed by atoms with Gasteiger partial charge in [-0.3, -0.25) is 4.79 Å². The Hall–Kier alpha value is -0.530. The maximum Gasteiger partial charge on any atom is 0.220 e. The molecule has 0 aromatic heterocycles. The highest BCUT2D eigenvalue weighted by Crippen LogP contribution is 2.63. The van der Waals surface area contributed by atoms with Crippen molar-refractivity contribution in [2.45, 2.75) is 38.1 Å². The van der Waals surface area contributed by atoms with Gasteiger partial charge < -0.3 is 5.32 Å². The van der Waals surface area contributed by atoms with Crippen LogP contribution >= 0.6 is 0 Å². The van der Waals surface area contributed by atoms with Gasteiger partial charge in [0.15, 0.2) is 0 Å². The molecule has 1 saturated heterocycles. The second-order valence-corrected chi connectivity index (χ2v) is 4.39. The van der Waals surface area contributed by atoms with E-state index in [9.17, 15) is 4.79 Å². The molecule has 2 nitrogen and oxygen atoms in total. The van der Waals surface area contributed by atoms with Gasteiger partial charge in [0.1, 0.15) is 0 Å². The first-order valence-electron chi connectivity index (χ1n) is 4.60. The summed E-state index contributed by atoms with van der Waals surface area (Å²) in [7, 11) is 0. The van der Waals surface area contributed by atoms with Crippen molar-refractivity contribution < 1.29 is 4.79 Å². The van der Waals surface area contributed by atoms with Crippen LogP contribution in [-0.2, 0) is 4.79 Å². The number of carbonyl (C=O) groups excluding carboxylic acids is 1. The topological polar surface area (TPSA) is 29.1 Å². The molecule has 0 bridgehead atoms. The SMILES string of the molecule is O=C1CC2C(CCC23CC3)N1. The van der Waals surface area contributed by atoms with Gasteiger partial charge in [0.05, 0.1) is 0 Å². The van der Waals surface area contributed by atoms with Crippen LogP contribution in [0.25, 0.3) is 0 Å². The van der Waals surface area contributed by atoms with E-state index in [1.54, 1.807) is 0 Å². The molecule has 11 heavy (non-hydrogen) atoms. The monoisotopic (exact) mass is 151 g/mol. The van der Waals surface area contributed by atoms with E-state index in [2.05, 4.69) is 5.32 Å². The minimum absolute atomic E-state index is 0.297. The molecule has 1 spiro atoms. The molecule has 1 heterocycles. The zero-order valence-corrected chi connectivity index (χ0v) is 6.60. The van der Waals surface area contributed by atoms with E-state index in [1.165, 1.54) is 25.7 Å². The van der Waals surface area contributed by atoms with Crippen molar-refractivity contribution in [2.24, 2.45) is 11.3 Å². The molecule has 2 saturated carbocycles. The summed E-state index contributed by atoms with van der Waals surface area (Å²) in [6.07, 6.45) is 6.23. The fourth-order valence-corrected chi connectivity index (χ4v) is 3.03. The van der Waals surface area contributed by atoms with Gasteiger partial charge in [-0.1, -0.05) is 0 Å². The van der Waals surface area contributed by atoms with Crippen LogP contribution in [0.2, 0.25) is 0 Å². The summed E-state index contributed by atoms with van der Waals surface area (Å²) in [5.74, 6) is 1.01. The Labute approximate surface area is 66.4 Å². The molecule has 1 aliphatic heterocycles. The molecule has 0 radical (unpaired) electrons. The minimum Gasteiger partial charge on any atom is -0.353 e. The molecule has 2 atom stereocenters. The lowest BCUT2D eigenvalue weighted by molar-refractivity contribution is -0.119. The molecule has 3 fully saturated rings. The van der Waals surface area contributed by atoms with Crippen LogP contribution in [0.1, 0.15) is 32.1 Å². The Bertz CT molecular complexity index is 220. The normalized spacial score (nSPS) is 44.2. The highest BCUT2D eigenvalue weighted by molar-refractivity contribution is 5.79.